The zero-order chi connectivity index (χ0) is 17.5. The van der Waals surface area contributed by atoms with Crippen molar-refractivity contribution < 1.29 is 18.3 Å². The first-order valence-electron chi connectivity index (χ1n) is 7.45. The molecule has 1 aliphatic heterocycles. The number of hydrogen-bond acceptors (Lipinski definition) is 5. The second kappa shape index (κ2) is 5.82. The lowest BCUT2D eigenvalue weighted by molar-refractivity contribution is -0.117. The third-order valence-electron chi connectivity index (χ3n) is 3.58. The topological polar surface area (TPSA) is 105 Å². The van der Waals surface area contributed by atoms with E-state index in [0.29, 0.717) is 11.5 Å². The van der Waals surface area contributed by atoms with E-state index in [1.54, 1.807) is 12.3 Å². The molecule has 0 spiro atoms. The number of rotatable bonds is 4. The molecule has 9 heteroatoms. The van der Waals surface area contributed by atoms with Crippen LogP contribution in [0, 0.1) is 5.92 Å². The van der Waals surface area contributed by atoms with Crippen molar-refractivity contribution in [1.82, 2.24) is 14.5 Å². The van der Waals surface area contributed by atoms with Crippen molar-refractivity contribution in [1.29, 1.82) is 0 Å². The van der Waals surface area contributed by atoms with Crippen molar-refractivity contribution in [3.05, 3.63) is 30.6 Å². The molecule has 1 aromatic heterocycles. The van der Waals surface area contributed by atoms with Crippen LogP contribution in [-0.4, -0.2) is 35.8 Å². The molecule has 0 bridgehead atoms. The minimum Gasteiger partial charge on any atom is -0.506 e. The van der Waals surface area contributed by atoms with Crippen LogP contribution >= 0.6 is 0 Å². The molecule has 1 fully saturated rings. The third kappa shape index (κ3) is 3.07. The van der Waals surface area contributed by atoms with Gasteiger partial charge in [0.25, 0.3) is 5.91 Å². The van der Waals surface area contributed by atoms with E-state index in [2.05, 4.69) is 18.9 Å². The van der Waals surface area contributed by atoms with Crippen molar-refractivity contribution in [3.63, 3.8) is 0 Å². The molecule has 0 radical (unpaired) electrons. The van der Waals surface area contributed by atoms with Gasteiger partial charge >= 0.3 is 10.2 Å². The average molecular weight is 350 g/mol. The van der Waals surface area contributed by atoms with E-state index >= 15 is 0 Å². The highest BCUT2D eigenvalue weighted by Gasteiger charge is 2.35. The van der Waals surface area contributed by atoms with Gasteiger partial charge in [0, 0.05) is 18.3 Å². The van der Waals surface area contributed by atoms with E-state index in [0.717, 1.165) is 16.4 Å². The Balaban J connectivity index is 1.90. The van der Waals surface area contributed by atoms with Crippen LogP contribution in [0.2, 0.25) is 0 Å². The Kier molecular flexibility index (Phi) is 3.96. The first-order chi connectivity index (χ1) is 11.3. The summed E-state index contributed by atoms with van der Waals surface area (Å²) in [7, 11) is -3.94. The van der Waals surface area contributed by atoms with Crippen LogP contribution in [0.3, 0.4) is 0 Å². The molecule has 2 heterocycles. The Morgan fingerprint density at radius 1 is 1.33 bits per heavy atom. The van der Waals surface area contributed by atoms with Crippen LogP contribution in [0.15, 0.2) is 30.6 Å². The largest absolute Gasteiger partial charge is 0.506 e. The summed E-state index contributed by atoms with van der Waals surface area (Å²) in [5.41, 5.74) is 1.59. The maximum absolute atomic E-state index is 11.9. The first kappa shape index (κ1) is 16.3. The minimum absolute atomic E-state index is 0.0617. The molecule has 2 aromatic rings. The molecule has 1 saturated heterocycles. The lowest BCUT2D eigenvalue weighted by Gasteiger charge is -2.16. The second-order valence-electron chi connectivity index (χ2n) is 6.09. The van der Waals surface area contributed by atoms with E-state index in [1.807, 2.05) is 15.6 Å². The summed E-state index contributed by atoms with van der Waals surface area (Å²) >= 11 is 0. The van der Waals surface area contributed by atoms with Gasteiger partial charge in [-0.25, -0.2) is 9.03 Å². The number of phenolic OH excluding ortho intramolecular Hbond substituents is 1. The van der Waals surface area contributed by atoms with Crippen LogP contribution in [0.5, 0.6) is 5.75 Å². The van der Waals surface area contributed by atoms with E-state index < -0.39 is 16.1 Å². The van der Waals surface area contributed by atoms with Gasteiger partial charge in [0.15, 0.2) is 0 Å². The monoisotopic (exact) mass is 350 g/mol. The molecule has 128 valence electrons. The van der Waals surface area contributed by atoms with Gasteiger partial charge in [-0.3, -0.25) is 9.48 Å². The van der Waals surface area contributed by atoms with Gasteiger partial charge in [-0.1, -0.05) is 19.9 Å². The predicted molar refractivity (Wildman–Crippen MR) is 88.6 cm³/mol. The Bertz CT molecular complexity index is 889. The molecule has 24 heavy (non-hydrogen) atoms. The molecule has 0 atom stereocenters. The van der Waals surface area contributed by atoms with Gasteiger partial charge in [-0.2, -0.15) is 13.5 Å². The Morgan fingerprint density at radius 3 is 2.67 bits per heavy atom. The van der Waals surface area contributed by atoms with Crippen molar-refractivity contribution in [2.24, 2.45) is 5.92 Å². The van der Waals surface area contributed by atoms with Crippen LogP contribution in [0.25, 0.3) is 11.1 Å². The fourth-order valence-electron chi connectivity index (χ4n) is 2.56. The van der Waals surface area contributed by atoms with E-state index in [1.165, 1.54) is 12.1 Å². The maximum Gasteiger partial charge on any atom is 0.326 e. The third-order valence-corrected chi connectivity index (χ3v) is 4.97. The highest BCUT2D eigenvalue weighted by Crippen LogP contribution is 2.34. The molecule has 0 unspecified atom stereocenters. The molecule has 8 nitrogen and oxygen atoms in total. The Hall–Kier alpha value is -2.55. The summed E-state index contributed by atoms with van der Waals surface area (Å²) in [5, 5.41) is 14.5. The van der Waals surface area contributed by atoms with Crippen LogP contribution < -0.4 is 9.03 Å². The SMILES string of the molecule is CC(C)Cn1cc(-c2ccc(N3CC(=O)NS3(=O)=O)c(O)c2)cn1. The number of anilines is 1. The Morgan fingerprint density at radius 2 is 2.08 bits per heavy atom. The second-order valence-corrected chi connectivity index (χ2v) is 7.68. The number of nitrogens with zero attached hydrogens (tertiary/aromatic N) is 3. The zero-order valence-electron chi connectivity index (χ0n) is 13.3. The lowest BCUT2D eigenvalue weighted by Crippen LogP contribution is -2.29. The summed E-state index contributed by atoms with van der Waals surface area (Å²) in [6.07, 6.45) is 3.56. The molecule has 3 rings (SSSR count). The number of aromatic nitrogens is 2. The van der Waals surface area contributed by atoms with Crippen molar-refractivity contribution >= 4 is 21.8 Å². The zero-order valence-corrected chi connectivity index (χ0v) is 14.1. The molecule has 1 aliphatic rings. The Labute approximate surface area is 139 Å². The molecule has 1 amide bonds. The van der Waals surface area contributed by atoms with Crippen LogP contribution in [0.1, 0.15) is 13.8 Å². The average Bonchev–Trinajstić information content (AvgIpc) is 3.02. The van der Waals surface area contributed by atoms with Crippen molar-refractivity contribution in [2.45, 2.75) is 20.4 Å². The summed E-state index contributed by atoms with van der Waals surface area (Å²) in [4.78, 5) is 11.3. The molecule has 2 N–H and O–H groups in total. The normalized spacial score (nSPS) is 16.6. The summed E-state index contributed by atoms with van der Waals surface area (Å²) < 4.78 is 28.2. The number of carbonyl (C=O) groups is 1. The van der Waals surface area contributed by atoms with Gasteiger partial charge in [0.2, 0.25) is 0 Å². The molecule has 0 saturated carbocycles. The van der Waals surface area contributed by atoms with Gasteiger partial charge in [0.05, 0.1) is 11.9 Å². The fourth-order valence-corrected chi connectivity index (χ4v) is 3.72. The number of nitrogens with one attached hydrogen (secondary N) is 1. The van der Waals surface area contributed by atoms with E-state index in [4.69, 9.17) is 0 Å². The van der Waals surface area contributed by atoms with Gasteiger partial charge in [-0.05, 0) is 23.6 Å². The lowest BCUT2D eigenvalue weighted by atomic mass is 10.1. The highest BCUT2D eigenvalue weighted by molar-refractivity contribution is 7.92. The predicted octanol–water partition coefficient (Wildman–Crippen LogP) is 1.09. The molecule has 1 aromatic carbocycles. The van der Waals surface area contributed by atoms with E-state index in [9.17, 15) is 18.3 Å². The number of phenols is 1. The number of aromatic hydroxyl groups is 1. The standard InChI is InChI=1S/C15H18N4O4S/c1-10(2)7-18-8-12(6-16-18)11-3-4-13(14(20)5-11)19-9-15(21)17-24(19,22)23/h3-6,8,10,20H,7,9H2,1-2H3,(H,17,21). The highest BCUT2D eigenvalue weighted by atomic mass is 32.2. The van der Waals surface area contributed by atoms with Crippen LogP contribution in [-0.2, 0) is 21.5 Å². The number of carbonyl (C=O) groups excluding carboxylic acids is 1. The molecular weight excluding hydrogens is 332 g/mol. The van der Waals surface area contributed by atoms with Crippen molar-refractivity contribution in [2.75, 3.05) is 10.8 Å². The smallest absolute Gasteiger partial charge is 0.326 e. The van der Waals surface area contributed by atoms with E-state index in [-0.39, 0.29) is 18.0 Å². The number of hydrogen-bond donors (Lipinski definition) is 2. The fraction of sp³-hybridized carbons (Fsp3) is 0.333. The number of benzene rings is 1. The van der Waals surface area contributed by atoms with Gasteiger partial charge in [-0.15, -0.1) is 0 Å². The quantitative estimate of drug-likeness (QED) is 0.859. The summed E-state index contributed by atoms with van der Waals surface area (Å²) in [5.74, 6) is -0.392. The minimum atomic E-state index is -3.94. The molecular formula is C15H18N4O4S. The summed E-state index contributed by atoms with van der Waals surface area (Å²) in [6, 6.07) is 4.62. The maximum atomic E-state index is 11.9. The van der Waals surface area contributed by atoms with Crippen LogP contribution in [0.4, 0.5) is 5.69 Å². The van der Waals surface area contributed by atoms with Crippen molar-refractivity contribution in [3.8, 4) is 16.9 Å². The summed E-state index contributed by atoms with van der Waals surface area (Å²) in [6.45, 7) is 4.62. The van der Waals surface area contributed by atoms with Gasteiger partial charge < -0.3 is 5.11 Å². The number of amides is 1. The molecule has 0 aliphatic carbocycles. The first-order valence-corrected chi connectivity index (χ1v) is 8.89. The van der Waals surface area contributed by atoms with Gasteiger partial charge in [0.1, 0.15) is 12.3 Å².